The second kappa shape index (κ2) is 9.26. The summed E-state index contributed by atoms with van der Waals surface area (Å²) < 4.78 is 16.4. The Morgan fingerprint density at radius 2 is 1.88 bits per heavy atom. The summed E-state index contributed by atoms with van der Waals surface area (Å²) in [6.07, 6.45) is 0.908. The van der Waals surface area contributed by atoms with Crippen LogP contribution in [0.5, 0.6) is 0 Å². The monoisotopic (exact) mass is 464 g/mol. The van der Waals surface area contributed by atoms with Gasteiger partial charge in [-0.05, 0) is 41.1 Å². The Hall–Kier alpha value is -2.97. The van der Waals surface area contributed by atoms with Crippen molar-refractivity contribution in [2.75, 3.05) is 12.3 Å². The van der Waals surface area contributed by atoms with Crippen LogP contribution < -0.4 is 0 Å². The average molecular weight is 465 g/mol. The first-order valence-electron chi connectivity index (χ1n) is 10.4. The minimum Gasteiger partial charge on any atom is -0.337 e. The zero-order valence-electron chi connectivity index (χ0n) is 17.3. The number of carbonyl (C=O) groups is 1. The number of aromatic nitrogens is 3. The van der Waals surface area contributed by atoms with Crippen LogP contribution in [0.15, 0.2) is 71.2 Å². The normalized spacial score (nSPS) is 13.2. The van der Waals surface area contributed by atoms with Gasteiger partial charge in [0, 0.05) is 18.0 Å². The van der Waals surface area contributed by atoms with E-state index in [1.807, 2.05) is 39.8 Å². The molecule has 5 rings (SSSR count). The number of halogens is 1. The van der Waals surface area contributed by atoms with E-state index in [-0.39, 0.29) is 17.5 Å². The first kappa shape index (κ1) is 20.9. The minimum atomic E-state index is -0.346. The van der Waals surface area contributed by atoms with Gasteiger partial charge in [-0.3, -0.25) is 9.36 Å². The zero-order chi connectivity index (χ0) is 21.9. The first-order chi connectivity index (χ1) is 15.7. The van der Waals surface area contributed by atoms with Crippen molar-refractivity contribution in [3.8, 4) is 11.4 Å². The van der Waals surface area contributed by atoms with E-state index >= 15 is 0 Å². The number of benzene rings is 2. The van der Waals surface area contributed by atoms with Crippen LogP contribution in [-0.4, -0.2) is 37.9 Å². The highest BCUT2D eigenvalue weighted by Crippen LogP contribution is 2.28. The van der Waals surface area contributed by atoms with Crippen LogP contribution >= 0.6 is 23.1 Å². The van der Waals surface area contributed by atoms with Crippen molar-refractivity contribution in [3.63, 3.8) is 0 Å². The van der Waals surface area contributed by atoms with Crippen LogP contribution in [0.1, 0.15) is 16.0 Å². The summed E-state index contributed by atoms with van der Waals surface area (Å²) in [5, 5.41) is 11.3. The van der Waals surface area contributed by atoms with Crippen LogP contribution in [0.4, 0.5) is 4.39 Å². The van der Waals surface area contributed by atoms with Gasteiger partial charge in [0.25, 0.3) is 0 Å². The molecule has 0 saturated carbocycles. The molecule has 1 amide bonds. The fourth-order valence-electron chi connectivity index (χ4n) is 3.82. The molecule has 4 aromatic rings. The summed E-state index contributed by atoms with van der Waals surface area (Å²) in [6, 6.07) is 18.6. The van der Waals surface area contributed by atoms with E-state index in [1.54, 1.807) is 29.5 Å². The molecule has 0 spiro atoms. The minimum absolute atomic E-state index is 0.0774. The molecule has 1 aliphatic rings. The number of thiophene rings is 1. The Morgan fingerprint density at radius 3 is 2.72 bits per heavy atom. The molecule has 8 heteroatoms. The Kier molecular flexibility index (Phi) is 6.05. The standard InChI is InChI=1S/C24H21FN4OS2/c25-20-9-5-4-8-19(20)23-26-27-24(29(23)14-17-6-2-1-3-7-17)32-16-22(30)28-12-10-21-18(15-28)11-13-31-21/h1-9,11,13H,10,12,14-16H2. The van der Waals surface area contributed by atoms with Crippen molar-refractivity contribution in [3.05, 3.63) is 87.9 Å². The molecule has 0 fully saturated rings. The number of amides is 1. The Labute approximate surface area is 193 Å². The van der Waals surface area contributed by atoms with Crippen molar-refractivity contribution < 1.29 is 9.18 Å². The first-order valence-corrected chi connectivity index (χ1v) is 12.2. The molecule has 0 radical (unpaired) electrons. The summed E-state index contributed by atoms with van der Waals surface area (Å²) in [4.78, 5) is 16.2. The molecule has 0 bridgehead atoms. The molecule has 3 heterocycles. The molecule has 0 N–H and O–H groups in total. The molecule has 0 unspecified atom stereocenters. The highest BCUT2D eigenvalue weighted by atomic mass is 32.2. The fraction of sp³-hybridized carbons (Fsp3) is 0.208. The fourth-order valence-corrected chi connectivity index (χ4v) is 5.55. The number of hydrogen-bond acceptors (Lipinski definition) is 5. The largest absolute Gasteiger partial charge is 0.337 e. The lowest BCUT2D eigenvalue weighted by Gasteiger charge is -2.26. The molecule has 1 aliphatic heterocycles. The molecule has 2 aromatic heterocycles. The summed E-state index contributed by atoms with van der Waals surface area (Å²) in [5.74, 6) is 0.460. The maximum Gasteiger partial charge on any atom is 0.233 e. The van der Waals surface area contributed by atoms with Crippen molar-refractivity contribution in [2.24, 2.45) is 0 Å². The second-order valence-electron chi connectivity index (χ2n) is 7.58. The molecule has 2 aromatic carbocycles. The van der Waals surface area contributed by atoms with E-state index in [2.05, 4.69) is 21.6 Å². The predicted octanol–water partition coefficient (Wildman–Crippen LogP) is 4.87. The maximum absolute atomic E-state index is 14.5. The third kappa shape index (κ3) is 4.33. The van der Waals surface area contributed by atoms with Gasteiger partial charge in [0.05, 0.1) is 17.9 Å². The maximum atomic E-state index is 14.5. The number of carbonyl (C=O) groups excluding carboxylic acids is 1. The molecule has 0 aliphatic carbocycles. The quantitative estimate of drug-likeness (QED) is 0.382. The second-order valence-corrected chi connectivity index (χ2v) is 9.52. The summed E-state index contributed by atoms with van der Waals surface area (Å²) in [5.41, 5.74) is 2.70. The topological polar surface area (TPSA) is 51.0 Å². The molecular formula is C24H21FN4OS2. The number of fused-ring (bicyclic) bond motifs is 1. The lowest BCUT2D eigenvalue weighted by Crippen LogP contribution is -2.36. The van der Waals surface area contributed by atoms with Crippen LogP contribution in [0.3, 0.4) is 0 Å². The number of nitrogens with zero attached hydrogens (tertiary/aromatic N) is 4. The SMILES string of the molecule is O=C(CSc1nnc(-c2ccccc2F)n1Cc1ccccc1)N1CCc2sccc2C1. The summed E-state index contributed by atoms with van der Waals surface area (Å²) >= 11 is 3.11. The van der Waals surface area contributed by atoms with Crippen molar-refractivity contribution in [1.82, 2.24) is 19.7 Å². The van der Waals surface area contributed by atoms with E-state index in [1.165, 1.54) is 28.3 Å². The van der Waals surface area contributed by atoms with Crippen molar-refractivity contribution in [2.45, 2.75) is 24.7 Å². The zero-order valence-corrected chi connectivity index (χ0v) is 18.9. The van der Waals surface area contributed by atoms with Gasteiger partial charge >= 0.3 is 0 Å². The molecule has 32 heavy (non-hydrogen) atoms. The highest BCUT2D eigenvalue weighted by molar-refractivity contribution is 7.99. The Bertz CT molecular complexity index is 1240. The van der Waals surface area contributed by atoms with Gasteiger partial charge in [-0.25, -0.2) is 4.39 Å². The van der Waals surface area contributed by atoms with Gasteiger partial charge in [-0.15, -0.1) is 21.5 Å². The average Bonchev–Trinajstić information content (AvgIpc) is 3.45. The molecule has 0 atom stereocenters. The number of rotatable bonds is 6. The third-order valence-electron chi connectivity index (χ3n) is 5.50. The Morgan fingerprint density at radius 1 is 1.06 bits per heavy atom. The lowest BCUT2D eigenvalue weighted by atomic mass is 10.1. The van der Waals surface area contributed by atoms with Crippen molar-refractivity contribution in [1.29, 1.82) is 0 Å². The summed E-state index contributed by atoms with van der Waals surface area (Å²) in [6.45, 7) is 1.90. The molecule has 0 saturated heterocycles. The highest BCUT2D eigenvalue weighted by Gasteiger charge is 2.23. The lowest BCUT2D eigenvalue weighted by molar-refractivity contribution is -0.129. The van der Waals surface area contributed by atoms with Gasteiger partial charge in [-0.1, -0.05) is 54.2 Å². The number of hydrogen-bond donors (Lipinski definition) is 0. The van der Waals surface area contributed by atoms with E-state index in [0.29, 0.717) is 29.6 Å². The van der Waals surface area contributed by atoms with E-state index in [0.717, 1.165) is 18.5 Å². The number of thioether (sulfide) groups is 1. The van der Waals surface area contributed by atoms with Gasteiger partial charge in [0.1, 0.15) is 5.82 Å². The van der Waals surface area contributed by atoms with Crippen LogP contribution in [0, 0.1) is 5.82 Å². The van der Waals surface area contributed by atoms with Crippen molar-refractivity contribution >= 4 is 29.0 Å². The molecular weight excluding hydrogens is 443 g/mol. The summed E-state index contributed by atoms with van der Waals surface area (Å²) in [7, 11) is 0. The van der Waals surface area contributed by atoms with Gasteiger partial charge < -0.3 is 4.90 Å². The smallest absolute Gasteiger partial charge is 0.233 e. The van der Waals surface area contributed by atoms with E-state index < -0.39 is 0 Å². The van der Waals surface area contributed by atoms with Crippen LogP contribution in [0.2, 0.25) is 0 Å². The van der Waals surface area contributed by atoms with Crippen LogP contribution in [-0.2, 0) is 24.3 Å². The Balaban J connectivity index is 1.37. The van der Waals surface area contributed by atoms with Gasteiger partial charge in [0.15, 0.2) is 11.0 Å². The molecule has 5 nitrogen and oxygen atoms in total. The predicted molar refractivity (Wildman–Crippen MR) is 125 cm³/mol. The molecule has 162 valence electrons. The third-order valence-corrected chi connectivity index (χ3v) is 7.47. The van der Waals surface area contributed by atoms with Crippen LogP contribution in [0.25, 0.3) is 11.4 Å². The van der Waals surface area contributed by atoms with E-state index in [9.17, 15) is 9.18 Å². The van der Waals surface area contributed by atoms with E-state index in [4.69, 9.17) is 0 Å². The van der Waals surface area contributed by atoms with Gasteiger partial charge in [0.2, 0.25) is 5.91 Å². The van der Waals surface area contributed by atoms with Gasteiger partial charge in [-0.2, -0.15) is 0 Å².